The fourth-order valence-electron chi connectivity index (χ4n) is 1.13. The number of benzene rings is 1. The predicted molar refractivity (Wildman–Crippen MR) is 53.3 cm³/mol. The monoisotopic (exact) mass is 215 g/mol. The molecular formula is C9H13NO3S. The van der Waals surface area contributed by atoms with Crippen molar-refractivity contribution in [3.8, 4) is 0 Å². The van der Waals surface area contributed by atoms with E-state index in [1.165, 1.54) is 19.2 Å². The van der Waals surface area contributed by atoms with Gasteiger partial charge in [-0.3, -0.25) is 0 Å². The third kappa shape index (κ3) is 2.12. The van der Waals surface area contributed by atoms with Gasteiger partial charge in [-0.25, -0.2) is 13.1 Å². The predicted octanol–water partition coefficient (Wildman–Crippen LogP) is 0.395. The van der Waals surface area contributed by atoms with Crippen LogP contribution in [-0.2, 0) is 16.6 Å². The van der Waals surface area contributed by atoms with Gasteiger partial charge in [0.1, 0.15) is 0 Å². The molecule has 14 heavy (non-hydrogen) atoms. The molecule has 0 spiro atoms. The SMILES string of the molecule is CNS(=O)(=O)c1ccc(CO)c(C)c1. The minimum atomic E-state index is -3.38. The molecule has 1 aromatic carbocycles. The Labute approximate surface area is 83.6 Å². The lowest BCUT2D eigenvalue weighted by Crippen LogP contribution is -2.18. The minimum Gasteiger partial charge on any atom is -0.392 e. The van der Waals surface area contributed by atoms with Crippen molar-refractivity contribution in [3.63, 3.8) is 0 Å². The van der Waals surface area contributed by atoms with Crippen molar-refractivity contribution in [2.45, 2.75) is 18.4 Å². The second-order valence-electron chi connectivity index (χ2n) is 2.95. The minimum absolute atomic E-state index is 0.0777. The summed E-state index contributed by atoms with van der Waals surface area (Å²) in [6, 6.07) is 4.63. The molecule has 0 fully saturated rings. The van der Waals surface area contributed by atoms with Gasteiger partial charge < -0.3 is 5.11 Å². The Bertz CT molecular complexity index is 426. The number of aliphatic hydroxyl groups is 1. The van der Waals surface area contributed by atoms with Crippen LogP contribution in [0.25, 0.3) is 0 Å². The second-order valence-corrected chi connectivity index (χ2v) is 4.84. The highest BCUT2D eigenvalue weighted by molar-refractivity contribution is 7.89. The van der Waals surface area contributed by atoms with Gasteiger partial charge in [-0.2, -0.15) is 0 Å². The first kappa shape index (κ1) is 11.2. The van der Waals surface area contributed by atoms with E-state index in [1.807, 2.05) is 0 Å². The summed E-state index contributed by atoms with van der Waals surface area (Å²) in [4.78, 5) is 0.217. The van der Waals surface area contributed by atoms with Crippen LogP contribution in [0, 0.1) is 6.92 Å². The molecule has 0 atom stereocenters. The van der Waals surface area contributed by atoms with E-state index in [0.29, 0.717) is 0 Å². The number of hydrogen-bond donors (Lipinski definition) is 2. The van der Waals surface area contributed by atoms with Crippen molar-refractivity contribution in [1.29, 1.82) is 0 Å². The lowest BCUT2D eigenvalue weighted by molar-refractivity contribution is 0.281. The van der Waals surface area contributed by atoms with E-state index >= 15 is 0 Å². The van der Waals surface area contributed by atoms with E-state index in [-0.39, 0.29) is 11.5 Å². The molecule has 2 N–H and O–H groups in total. The highest BCUT2D eigenvalue weighted by Crippen LogP contribution is 2.14. The molecule has 0 heterocycles. The Morgan fingerprint density at radius 3 is 2.50 bits per heavy atom. The van der Waals surface area contributed by atoms with Crippen LogP contribution in [0.5, 0.6) is 0 Å². The van der Waals surface area contributed by atoms with Crippen LogP contribution in [0.4, 0.5) is 0 Å². The Kier molecular flexibility index (Phi) is 3.25. The van der Waals surface area contributed by atoms with Gasteiger partial charge in [0.2, 0.25) is 10.0 Å². The molecule has 0 saturated carbocycles. The van der Waals surface area contributed by atoms with Crippen molar-refractivity contribution in [2.24, 2.45) is 0 Å². The van der Waals surface area contributed by atoms with Gasteiger partial charge >= 0.3 is 0 Å². The Morgan fingerprint density at radius 2 is 2.07 bits per heavy atom. The highest BCUT2D eigenvalue weighted by atomic mass is 32.2. The maximum atomic E-state index is 11.4. The van der Waals surface area contributed by atoms with E-state index in [2.05, 4.69) is 4.72 Å². The lowest BCUT2D eigenvalue weighted by Gasteiger charge is -2.06. The largest absolute Gasteiger partial charge is 0.392 e. The average Bonchev–Trinajstić information content (AvgIpc) is 2.17. The number of rotatable bonds is 3. The van der Waals surface area contributed by atoms with E-state index in [9.17, 15) is 8.42 Å². The summed E-state index contributed by atoms with van der Waals surface area (Å²) in [6.45, 7) is 1.69. The first-order chi connectivity index (χ1) is 6.51. The van der Waals surface area contributed by atoms with E-state index in [4.69, 9.17) is 5.11 Å². The van der Waals surface area contributed by atoms with Gasteiger partial charge in [-0.1, -0.05) is 6.07 Å². The number of sulfonamides is 1. The van der Waals surface area contributed by atoms with Crippen molar-refractivity contribution in [2.75, 3.05) is 7.05 Å². The molecule has 1 aromatic rings. The molecule has 0 aliphatic rings. The van der Waals surface area contributed by atoms with Gasteiger partial charge in [0.15, 0.2) is 0 Å². The summed E-state index contributed by atoms with van der Waals surface area (Å²) in [5, 5.41) is 8.90. The van der Waals surface area contributed by atoms with Crippen molar-refractivity contribution in [1.82, 2.24) is 4.72 Å². The molecule has 0 bridgehead atoms. The number of aryl methyl sites for hydroxylation is 1. The Hall–Kier alpha value is -0.910. The molecule has 1 rings (SSSR count). The van der Waals surface area contributed by atoms with E-state index < -0.39 is 10.0 Å². The van der Waals surface area contributed by atoms with Gasteiger partial charge in [-0.15, -0.1) is 0 Å². The van der Waals surface area contributed by atoms with Crippen LogP contribution >= 0.6 is 0 Å². The van der Waals surface area contributed by atoms with Crippen LogP contribution in [0.3, 0.4) is 0 Å². The summed E-state index contributed by atoms with van der Waals surface area (Å²) in [5.74, 6) is 0. The fourth-order valence-corrected chi connectivity index (χ4v) is 1.95. The van der Waals surface area contributed by atoms with Crippen LogP contribution in [0.2, 0.25) is 0 Å². The van der Waals surface area contributed by atoms with Crippen LogP contribution < -0.4 is 4.72 Å². The smallest absolute Gasteiger partial charge is 0.240 e. The van der Waals surface area contributed by atoms with Gasteiger partial charge in [0.25, 0.3) is 0 Å². The summed E-state index contributed by atoms with van der Waals surface area (Å²) < 4.78 is 25.0. The third-order valence-corrected chi connectivity index (χ3v) is 3.48. The first-order valence-electron chi connectivity index (χ1n) is 4.15. The quantitative estimate of drug-likeness (QED) is 0.766. The number of hydrogen-bond acceptors (Lipinski definition) is 3. The molecule has 5 heteroatoms. The summed E-state index contributed by atoms with van der Waals surface area (Å²) >= 11 is 0. The first-order valence-corrected chi connectivity index (χ1v) is 5.63. The zero-order chi connectivity index (χ0) is 10.8. The Balaban J connectivity index is 3.22. The molecule has 0 amide bonds. The summed E-state index contributed by atoms with van der Waals surface area (Å²) in [5.41, 5.74) is 1.50. The van der Waals surface area contributed by atoms with Crippen LogP contribution in [0.15, 0.2) is 23.1 Å². The van der Waals surface area contributed by atoms with Crippen LogP contribution in [-0.4, -0.2) is 20.6 Å². The number of nitrogens with one attached hydrogen (secondary N) is 1. The zero-order valence-corrected chi connectivity index (χ0v) is 8.93. The molecule has 0 aliphatic heterocycles. The normalized spacial score (nSPS) is 11.6. The van der Waals surface area contributed by atoms with E-state index in [1.54, 1.807) is 13.0 Å². The molecule has 0 aliphatic carbocycles. The van der Waals surface area contributed by atoms with Gasteiger partial charge in [0, 0.05) is 0 Å². The standard InChI is InChI=1S/C9H13NO3S/c1-7-5-9(14(12,13)10-2)4-3-8(7)6-11/h3-5,10-11H,6H2,1-2H3. The lowest BCUT2D eigenvalue weighted by atomic mass is 10.1. The molecule has 0 radical (unpaired) electrons. The van der Waals surface area contributed by atoms with E-state index in [0.717, 1.165) is 11.1 Å². The average molecular weight is 215 g/mol. The molecule has 0 aromatic heterocycles. The molecule has 4 nitrogen and oxygen atoms in total. The Morgan fingerprint density at radius 1 is 1.43 bits per heavy atom. The fraction of sp³-hybridized carbons (Fsp3) is 0.333. The second kappa shape index (κ2) is 4.08. The zero-order valence-electron chi connectivity index (χ0n) is 8.11. The maximum Gasteiger partial charge on any atom is 0.240 e. The maximum absolute atomic E-state index is 11.4. The topological polar surface area (TPSA) is 66.4 Å². The number of aliphatic hydroxyl groups excluding tert-OH is 1. The summed E-state index contributed by atoms with van der Waals surface area (Å²) in [6.07, 6.45) is 0. The third-order valence-electron chi connectivity index (χ3n) is 2.06. The molecule has 0 unspecified atom stereocenters. The van der Waals surface area contributed by atoms with Crippen LogP contribution in [0.1, 0.15) is 11.1 Å². The summed E-state index contributed by atoms with van der Waals surface area (Å²) in [7, 11) is -2.01. The van der Waals surface area contributed by atoms with Gasteiger partial charge in [-0.05, 0) is 37.2 Å². The highest BCUT2D eigenvalue weighted by Gasteiger charge is 2.11. The molecular weight excluding hydrogens is 202 g/mol. The van der Waals surface area contributed by atoms with Crippen molar-refractivity contribution >= 4 is 10.0 Å². The van der Waals surface area contributed by atoms with Crippen molar-refractivity contribution < 1.29 is 13.5 Å². The molecule has 0 saturated heterocycles. The van der Waals surface area contributed by atoms with Gasteiger partial charge in [0.05, 0.1) is 11.5 Å². The van der Waals surface area contributed by atoms with Crippen molar-refractivity contribution in [3.05, 3.63) is 29.3 Å². The molecule has 78 valence electrons.